The van der Waals surface area contributed by atoms with Crippen molar-refractivity contribution in [2.45, 2.75) is 19.4 Å². The summed E-state index contributed by atoms with van der Waals surface area (Å²) in [6, 6.07) is 7.54. The van der Waals surface area contributed by atoms with Crippen molar-refractivity contribution in [2.24, 2.45) is 0 Å². The maximum absolute atomic E-state index is 9.85. The van der Waals surface area contributed by atoms with E-state index >= 15 is 0 Å². The predicted molar refractivity (Wildman–Crippen MR) is 69.9 cm³/mol. The monoisotopic (exact) mass is 254 g/mol. The fourth-order valence-electron chi connectivity index (χ4n) is 1.56. The molecule has 0 aliphatic rings. The third kappa shape index (κ3) is 5.04. The van der Waals surface area contributed by atoms with E-state index in [2.05, 4.69) is 0 Å². The van der Waals surface area contributed by atoms with Crippen LogP contribution in [0.15, 0.2) is 24.3 Å². The topological polar surface area (TPSA) is 47.9 Å². The van der Waals surface area contributed by atoms with Crippen LogP contribution in [-0.2, 0) is 9.47 Å². The Hall–Kier alpha value is -1.10. The lowest BCUT2D eigenvalue weighted by atomic mass is 10.1. The second-order valence-electron chi connectivity index (χ2n) is 3.92. The molecule has 0 saturated heterocycles. The van der Waals surface area contributed by atoms with Gasteiger partial charge in [-0.1, -0.05) is 25.1 Å². The van der Waals surface area contributed by atoms with Crippen molar-refractivity contribution in [3.8, 4) is 5.75 Å². The van der Waals surface area contributed by atoms with Crippen molar-refractivity contribution in [3.05, 3.63) is 29.8 Å². The Bertz CT molecular complexity index is 327. The number of aliphatic hydroxyl groups is 1. The van der Waals surface area contributed by atoms with Gasteiger partial charge in [-0.25, -0.2) is 0 Å². The van der Waals surface area contributed by atoms with E-state index in [0.29, 0.717) is 32.8 Å². The van der Waals surface area contributed by atoms with Crippen LogP contribution in [-0.4, -0.2) is 38.6 Å². The molecule has 0 saturated carbocycles. The number of benzene rings is 1. The summed E-state index contributed by atoms with van der Waals surface area (Å²) in [4.78, 5) is 0. The first-order valence-electron chi connectivity index (χ1n) is 6.26. The van der Waals surface area contributed by atoms with E-state index in [4.69, 9.17) is 14.2 Å². The molecular weight excluding hydrogens is 232 g/mol. The Labute approximate surface area is 108 Å². The Morgan fingerprint density at radius 1 is 1.11 bits per heavy atom. The van der Waals surface area contributed by atoms with Gasteiger partial charge in [-0.3, -0.25) is 0 Å². The Morgan fingerprint density at radius 2 is 1.83 bits per heavy atom. The molecule has 0 spiro atoms. The first-order valence-corrected chi connectivity index (χ1v) is 6.26. The van der Waals surface area contributed by atoms with Crippen LogP contribution in [0.2, 0.25) is 0 Å². The molecule has 1 aromatic carbocycles. The molecule has 4 nitrogen and oxygen atoms in total. The zero-order chi connectivity index (χ0) is 13.2. The van der Waals surface area contributed by atoms with E-state index < -0.39 is 6.10 Å². The molecule has 0 bridgehead atoms. The van der Waals surface area contributed by atoms with Gasteiger partial charge in [0.1, 0.15) is 12.4 Å². The van der Waals surface area contributed by atoms with Crippen LogP contribution < -0.4 is 4.74 Å². The smallest absolute Gasteiger partial charge is 0.125 e. The van der Waals surface area contributed by atoms with E-state index in [-0.39, 0.29) is 0 Å². The van der Waals surface area contributed by atoms with Gasteiger partial charge in [-0.2, -0.15) is 0 Å². The molecule has 1 rings (SSSR count). The van der Waals surface area contributed by atoms with E-state index in [1.807, 2.05) is 31.2 Å². The minimum absolute atomic E-state index is 0.469. The van der Waals surface area contributed by atoms with Crippen LogP contribution in [0, 0.1) is 0 Å². The SMILES string of the molecule is CCC(O)c1ccccc1OCCOCCOC. The van der Waals surface area contributed by atoms with Crippen LogP contribution in [0.3, 0.4) is 0 Å². The van der Waals surface area contributed by atoms with Gasteiger partial charge in [0.2, 0.25) is 0 Å². The molecule has 0 amide bonds. The Morgan fingerprint density at radius 3 is 2.56 bits per heavy atom. The van der Waals surface area contributed by atoms with Crippen molar-refractivity contribution in [2.75, 3.05) is 33.5 Å². The molecule has 0 aliphatic carbocycles. The van der Waals surface area contributed by atoms with Gasteiger partial charge in [0.05, 0.1) is 25.9 Å². The quantitative estimate of drug-likeness (QED) is 0.686. The number of hydrogen-bond donors (Lipinski definition) is 1. The highest BCUT2D eigenvalue weighted by molar-refractivity contribution is 5.34. The van der Waals surface area contributed by atoms with Crippen LogP contribution >= 0.6 is 0 Å². The fourth-order valence-corrected chi connectivity index (χ4v) is 1.56. The van der Waals surface area contributed by atoms with Crippen molar-refractivity contribution in [3.63, 3.8) is 0 Å². The van der Waals surface area contributed by atoms with Gasteiger partial charge in [-0.05, 0) is 12.5 Å². The molecule has 18 heavy (non-hydrogen) atoms. The molecular formula is C14H22O4. The molecule has 0 aliphatic heterocycles. The largest absolute Gasteiger partial charge is 0.491 e. The highest BCUT2D eigenvalue weighted by atomic mass is 16.5. The first-order chi connectivity index (χ1) is 8.79. The molecule has 1 unspecified atom stereocenters. The summed E-state index contributed by atoms with van der Waals surface area (Å²) >= 11 is 0. The lowest BCUT2D eigenvalue weighted by molar-refractivity contribution is 0.0536. The number of hydrogen-bond acceptors (Lipinski definition) is 4. The summed E-state index contributed by atoms with van der Waals surface area (Å²) in [7, 11) is 1.64. The van der Waals surface area contributed by atoms with E-state index in [1.165, 1.54) is 0 Å². The van der Waals surface area contributed by atoms with Crippen molar-refractivity contribution >= 4 is 0 Å². The molecule has 0 heterocycles. The van der Waals surface area contributed by atoms with Gasteiger partial charge < -0.3 is 19.3 Å². The zero-order valence-corrected chi connectivity index (χ0v) is 11.1. The summed E-state index contributed by atoms with van der Waals surface area (Å²) in [6.45, 7) is 4.08. The van der Waals surface area contributed by atoms with E-state index in [0.717, 1.165) is 11.3 Å². The molecule has 0 aromatic heterocycles. The zero-order valence-electron chi connectivity index (χ0n) is 11.1. The maximum atomic E-state index is 9.85. The van der Waals surface area contributed by atoms with Crippen LogP contribution in [0.1, 0.15) is 25.0 Å². The number of ether oxygens (including phenoxy) is 3. The summed E-state index contributed by atoms with van der Waals surface area (Å²) in [6.07, 6.45) is 0.195. The normalized spacial score (nSPS) is 12.4. The number of para-hydroxylation sites is 1. The molecule has 1 N–H and O–H groups in total. The van der Waals surface area contributed by atoms with E-state index in [9.17, 15) is 5.11 Å². The average molecular weight is 254 g/mol. The third-order valence-corrected chi connectivity index (χ3v) is 2.58. The van der Waals surface area contributed by atoms with Gasteiger partial charge in [-0.15, -0.1) is 0 Å². The van der Waals surface area contributed by atoms with Gasteiger partial charge in [0, 0.05) is 12.7 Å². The van der Waals surface area contributed by atoms with Crippen molar-refractivity contribution in [1.29, 1.82) is 0 Å². The fraction of sp³-hybridized carbons (Fsp3) is 0.571. The summed E-state index contributed by atoms with van der Waals surface area (Å²) < 4.78 is 15.8. The van der Waals surface area contributed by atoms with Gasteiger partial charge >= 0.3 is 0 Å². The molecule has 1 atom stereocenters. The highest BCUT2D eigenvalue weighted by Crippen LogP contribution is 2.26. The standard InChI is InChI=1S/C14H22O4/c1-3-13(15)12-6-4-5-7-14(12)18-11-10-17-9-8-16-2/h4-7,13,15H,3,8-11H2,1-2H3. The van der Waals surface area contributed by atoms with Crippen LogP contribution in [0.4, 0.5) is 0 Å². The highest BCUT2D eigenvalue weighted by Gasteiger charge is 2.10. The summed E-state index contributed by atoms with van der Waals surface area (Å²) in [5, 5.41) is 9.85. The predicted octanol–water partition coefficient (Wildman–Crippen LogP) is 2.17. The second-order valence-corrected chi connectivity index (χ2v) is 3.92. The lowest BCUT2D eigenvalue weighted by Crippen LogP contribution is -2.11. The Kier molecular flexibility index (Phi) is 7.41. The Balaban J connectivity index is 2.37. The average Bonchev–Trinajstić information content (AvgIpc) is 2.42. The van der Waals surface area contributed by atoms with Crippen LogP contribution in [0.25, 0.3) is 0 Å². The number of methoxy groups -OCH3 is 1. The van der Waals surface area contributed by atoms with Gasteiger partial charge in [0.15, 0.2) is 0 Å². The van der Waals surface area contributed by atoms with Gasteiger partial charge in [0.25, 0.3) is 0 Å². The molecule has 102 valence electrons. The van der Waals surface area contributed by atoms with E-state index in [1.54, 1.807) is 7.11 Å². The third-order valence-electron chi connectivity index (χ3n) is 2.58. The molecule has 4 heteroatoms. The maximum Gasteiger partial charge on any atom is 0.125 e. The lowest BCUT2D eigenvalue weighted by Gasteiger charge is -2.14. The van der Waals surface area contributed by atoms with Crippen LogP contribution in [0.5, 0.6) is 5.75 Å². The summed E-state index contributed by atoms with van der Waals surface area (Å²) in [5.74, 6) is 0.724. The second kappa shape index (κ2) is 8.91. The number of aliphatic hydroxyl groups excluding tert-OH is 1. The van der Waals surface area contributed by atoms with Crippen molar-refractivity contribution in [1.82, 2.24) is 0 Å². The first kappa shape index (κ1) is 15.0. The van der Waals surface area contributed by atoms with Crippen molar-refractivity contribution < 1.29 is 19.3 Å². The number of rotatable bonds is 9. The minimum Gasteiger partial charge on any atom is -0.491 e. The summed E-state index contributed by atoms with van der Waals surface area (Å²) in [5.41, 5.74) is 0.830. The minimum atomic E-state index is -0.476. The molecule has 0 fully saturated rings. The molecule has 1 aromatic rings. The molecule has 0 radical (unpaired) electrons.